The molecule has 28 heavy (non-hydrogen) atoms. The zero-order valence-corrected chi connectivity index (χ0v) is 16.0. The van der Waals surface area contributed by atoms with Gasteiger partial charge < -0.3 is 10.1 Å². The summed E-state index contributed by atoms with van der Waals surface area (Å²) in [6, 6.07) is 13.3. The Morgan fingerprint density at radius 3 is 2.57 bits per heavy atom. The monoisotopic (exact) mass is 394 g/mol. The normalized spacial score (nSPS) is 12.5. The Balaban J connectivity index is 1.64. The number of imide groups is 1. The van der Waals surface area contributed by atoms with E-state index >= 15 is 0 Å². The van der Waals surface area contributed by atoms with Crippen molar-refractivity contribution in [2.24, 2.45) is 0 Å². The second-order valence-electron chi connectivity index (χ2n) is 6.52. The van der Waals surface area contributed by atoms with Gasteiger partial charge >= 0.3 is 6.09 Å². The molecule has 4 rings (SSSR count). The molecule has 0 saturated carbocycles. The smallest absolute Gasteiger partial charge is 0.413 e. The molecule has 2 aromatic carbocycles. The molecule has 0 saturated heterocycles. The summed E-state index contributed by atoms with van der Waals surface area (Å²) in [5, 5.41) is 7.53. The predicted octanol–water partition coefficient (Wildman–Crippen LogP) is 4.14. The van der Waals surface area contributed by atoms with Crippen LogP contribution in [0.4, 0.5) is 9.80 Å². The van der Waals surface area contributed by atoms with Crippen LogP contribution in [0.15, 0.2) is 42.5 Å². The Labute approximate surface area is 165 Å². The van der Waals surface area contributed by atoms with Crippen LogP contribution < -0.4 is 10.6 Å². The minimum atomic E-state index is -0.824. The SMILES string of the molecule is COC(=O)NC(=O)c1c(NC(=O)c2ccc3ccccc3c2)sc2c1CCC2. The van der Waals surface area contributed by atoms with Gasteiger partial charge in [-0.25, -0.2) is 4.79 Å². The van der Waals surface area contributed by atoms with Crippen LogP contribution in [0.25, 0.3) is 10.8 Å². The molecule has 0 radical (unpaired) electrons. The number of carbonyl (C=O) groups excluding carboxylic acids is 3. The maximum Gasteiger partial charge on any atom is 0.413 e. The second kappa shape index (κ2) is 7.44. The molecule has 0 fully saturated rings. The van der Waals surface area contributed by atoms with Gasteiger partial charge in [0.25, 0.3) is 11.8 Å². The molecule has 142 valence electrons. The van der Waals surface area contributed by atoms with Crippen molar-refractivity contribution in [2.45, 2.75) is 19.3 Å². The first kappa shape index (κ1) is 18.2. The molecule has 0 unspecified atom stereocenters. The van der Waals surface area contributed by atoms with E-state index in [-0.39, 0.29) is 5.91 Å². The molecule has 1 aliphatic carbocycles. The summed E-state index contributed by atoms with van der Waals surface area (Å²) in [6.07, 6.45) is 1.75. The van der Waals surface area contributed by atoms with Crippen molar-refractivity contribution in [3.05, 3.63) is 64.0 Å². The van der Waals surface area contributed by atoms with Gasteiger partial charge in [-0.15, -0.1) is 11.3 Å². The number of ether oxygens (including phenoxy) is 1. The van der Waals surface area contributed by atoms with Gasteiger partial charge in [-0.1, -0.05) is 30.3 Å². The van der Waals surface area contributed by atoms with E-state index in [0.29, 0.717) is 16.1 Å². The zero-order valence-electron chi connectivity index (χ0n) is 15.2. The average Bonchev–Trinajstić information content (AvgIpc) is 3.28. The Bertz CT molecular complexity index is 1100. The lowest BCUT2D eigenvalue weighted by Crippen LogP contribution is -2.31. The minimum absolute atomic E-state index is 0.294. The van der Waals surface area contributed by atoms with Crippen LogP contribution in [0.2, 0.25) is 0 Å². The van der Waals surface area contributed by atoms with Crippen LogP contribution >= 0.6 is 11.3 Å². The van der Waals surface area contributed by atoms with Gasteiger partial charge in [0.05, 0.1) is 12.7 Å². The molecule has 0 bridgehead atoms. The third-order valence-electron chi connectivity index (χ3n) is 4.79. The molecular formula is C21H18N2O4S. The van der Waals surface area contributed by atoms with E-state index in [9.17, 15) is 14.4 Å². The van der Waals surface area contributed by atoms with Crippen LogP contribution in [0, 0.1) is 0 Å². The maximum atomic E-state index is 12.8. The van der Waals surface area contributed by atoms with Gasteiger partial charge in [-0.05, 0) is 47.7 Å². The van der Waals surface area contributed by atoms with Crippen molar-refractivity contribution in [1.82, 2.24) is 5.32 Å². The van der Waals surface area contributed by atoms with Gasteiger partial charge in [-0.2, -0.15) is 0 Å². The molecular weight excluding hydrogens is 376 g/mol. The number of rotatable bonds is 3. The van der Waals surface area contributed by atoms with Crippen molar-refractivity contribution < 1.29 is 19.1 Å². The van der Waals surface area contributed by atoms with Crippen LogP contribution in [-0.4, -0.2) is 25.0 Å². The summed E-state index contributed by atoms with van der Waals surface area (Å²) in [4.78, 5) is 37.9. The Hall–Kier alpha value is -3.19. The molecule has 3 amide bonds. The molecule has 6 nitrogen and oxygen atoms in total. The zero-order chi connectivity index (χ0) is 19.7. The number of nitrogens with one attached hydrogen (secondary N) is 2. The fourth-order valence-corrected chi connectivity index (χ4v) is 4.73. The highest BCUT2D eigenvalue weighted by atomic mass is 32.1. The van der Waals surface area contributed by atoms with Gasteiger partial charge in [0.15, 0.2) is 0 Å². The maximum absolute atomic E-state index is 12.8. The van der Waals surface area contributed by atoms with Gasteiger partial charge in [0.2, 0.25) is 0 Å². The molecule has 7 heteroatoms. The highest BCUT2D eigenvalue weighted by Crippen LogP contribution is 2.39. The Morgan fingerprint density at radius 1 is 1.00 bits per heavy atom. The van der Waals surface area contributed by atoms with Crippen molar-refractivity contribution in [3.8, 4) is 0 Å². The molecule has 2 N–H and O–H groups in total. The van der Waals surface area contributed by atoms with Gasteiger partial charge in [-0.3, -0.25) is 14.9 Å². The molecule has 1 heterocycles. The number of hydrogen-bond donors (Lipinski definition) is 2. The minimum Gasteiger partial charge on any atom is -0.453 e. The second-order valence-corrected chi connectivity index (χ2v) is 7.63. The van der Waals surface area contributed by atoms with Crippen molar-refractivity contribution in [2.75, 3.05) is 12.4 Å². The lowest BCUT2D eigenvalue weighted by Gasteiger charge is -2.09. The summed E-state index contributed by atoms with van der Waals surface area (Å²) in [7, 11) is 1.20. The highest BCUT2D eigenvalue weighted by molar-refractivity contribution is 7.17. The number of hydrogen-bond acceptors (Lipinski definition) is 5. The lowest BCUT2D eigenvalue weighted by molar-refractivity contribution is 0.0937. The van der Waals surface area contributed by atoms with Crippen molar-refractivity contribution in [1.29, 1.82) is 0 Å². The molecule has 3 aromatic rings. The Kier molecular flexibility index (Phi) is 4.83. The van der Waals surface area contributed by atoms with E-state index in [1.807, 2.05) is 36.4 Å². The number of aryl methyl sites for hydroxylation is 1. The topological polar surface area (TPSA) is 84.5 Å². The molecule has 0 spiro atoms. The predicted molar refractivity (Wildman–Crippen MR) is 108 cm³/mol. The highest BCUT2D eigenvalue weighted by Gasteiger charge is 2.28. The molecule has 1 aliphatic rings. The molecule has 0 aliphatic heterocycles. The standard InChI is InChI=1S/C21H18N2O4S/c1-27-21(26)23-19(25)17-15-7-4-8-16(15)28-20(17)22-18(24)14-10-9-12-5-2-3-6-13(12)11-14/h2-3,5-6,9-11H,4,7-8H2,1H3,(H,22,24)(H,23,25,26). The first-order valence-electron chi connectivity index (χ1n) is 8.91. The summed E-state index contributed by atoms with van der Waals surface area (Å²) in [5.41, 5.74) is 1.77. The number of alkyl carbamates (subject to hydrolysis) is 1. The van der Waals surface area contributed by atoms with Crippen molar-refractivity contribution >= 4 is 45.0 Å². The Morgan fingerprint density at radius 2 is 1.79 bits per heavy atom. The van der Waals surface area contributed by atoms with Crippen LogP contribution in [-0.2, 0) is 17.6 Å². The van der Waals surface area contributed by atoms with Crippen LogP contribution in [0.3, 0.4) is 0 Å². The quantitative estimate of drug-likeness (QED) is 0.699. The summed E-state index contributed by atoms with van der Waals surface area (Å²) in [5.74, 6) is -0.849. The van der Waals surface area contributed by atoms with E-state index in [4.69, 9.17) is 0 Å². The van der Waals surface area contributed by atoms with E-state index in [1.54, 1.807) is 6.07 Å². The average molecular weight is 394 g/mol. The molecule has 1 aromatic heterocycles. The summed E-state index contributed by atoms with van der Waals surface area (Å²) < 4.78 is 4.51. The van der Waals surface area contributed by atoms with Crippen LogP contribution in [0.1, 0.15) is 37.6 Å². The largest absolute Gasteiger partial charge is 0.453 e. The van der Waals surface area contributed by atoms with Crippen molar-refractivity contribution in [3.63, 3.8) is 0 Å². The third-order valence-corrected chi connectivity index (χ3v) is 6.00. The number of amides is 3. The first-order chi connectivity index (χ1) is 13.6. The number of anilines is 1. The number of benzene rings is 2. The number of thiophene rings is 1. The lowest BCUT2D eigenvalue weighted by atomic mass is 10.1. The first-order valence-corrected chi connectivity index (χ1v) is 9.72. The number of methoxy groups -OCH3 is 1. The fraction of sp³-hybridized carbons (Fsp3) is 0.190. The third kappa shape index (κ3) is 3.36. The summed E-state index contributed by atoms with van der Waals surface area (Å²) in [6.45, 7) is 0. The fourth-order valence-electron chi connectivity index (χ4n) is 3.44. The molecule has 0 atom stereocenters. The van der Waals surface area contributed by atoms with E-state index in [0.717, 1.165) is 40.5 Å². The van der Waals surface area contributed by atoms with Crippen LogP contribution in [0.5, 0.6) is 0 Å². The van der Waals surface area contributed by atoms with E-state index in [2.05, 4.69) is 15.4 Å². The van der Waals surface area contributed by atoms with E-state index in [1.165, 1.54) is 18.4 Å². The number of carbonyl (C=O) groups is 3. The van der Waals surface area contributed by atoms with Gasteiger partial charge in [0, 0.05) is 10.4 Å². The van der Waals surface area contributed by atoms with Gasteiger partial charge in [0.1, 0.15) is 5.00 Å². The summed E-state index contributed by atoms with van der Waals surface area (Å²) >= 11 is 1.39. The van der Waals surface area contributed by atoms with E-state index < -0.39 is 12.0 Å². The number of fused-ring (bicyclic) bond motifs is 2.